The van der Waals surface area contributed by atoms with Gasteiger partial charge in [0.05, 0.1) is 13.2 Å². The molecule has 0 amide bonds. The third-order valence-electron chi connectivity index (χ3n) is 11.3. The monoisotopic (exact) mass is 951 g/mol. The predicted molar refractivity (Wildman–Crippen MR) is 267 cm³/mol. The van der Waals surface area contributed by atoms with Gasteiger partial charge in [-0.3, -0.25) is 13.8 Å². The zero-order valence-electron chi connectivity index (χ0n) is 40.7. The Balaban J connectivity index is 2.38. The Kier molecular flexibility index (Phi) is 39.7. The Morgan fingerprint density at radius 2 is 0.894 bits per heavy atom. The van der Waals surface area contributed by atoms with Gasteiger partial charge < -0.3 is 39.9 Å². The lowest BCUT2D eigenvalue weighted by molar-refractivity contribution is -0.220. The fourth-order valence-electron chi connectivity index (χ4n) is 7.24. The first-order valence-corrected chi connectivity index (χ1v) is 26.9. The maximum atomic E-state index is 12.8. The molecule has 66 heavy (non-hydrogen) atoms. The highest BCUT2D eigenvalue weighted by atomic mass is 31.2. The van der Waals surface area contributed by atoms with Gasteiger partial charge in [0.2, 0.25) is 0 Å². The van der Waals surface area contributed by atoms with Crippen molar-refractivity contribution in [2.45, 2.75) is 224 Å². The molecule has 1 rings (SSSR count). The maximum absolute atomic E-state index is 12.8. The number of carbonyl (C=O) groups excluding carboxylic acids is 1. The van der Waals surface area contributed by atoms with Gasteiger partial charge in [-0.15, -0.1) is 0 Å². The normalized spacial score (nSPS) is 22.1. The van der Waals surface area contributed by atoms with Crippen LogP contribution in [0.5, 0.6) is 0 Å². The lowest BCUT2D eigenvalue weighted by atomic mass is 9.85. The highest BCUT2D eigenvalue weighted by Gasteiger charge is 2.51. The van der Waals surface area contributed by atoms with Crippen LogP contribution in [0.25, 0.3) is 0 Å². The lowest BCUT2D eigenvalue weighted by Gasteiger charge is -2.41. The van der Waals surface area contributed by atoms with Crippen LogP contribution in [-0.2, 0) is 27.9 Å². The van der Waals surface area contributed by atoms with E-state index >= 15 is 0 Å². The van der Waals surface area contributed by atoms with Crippen LogP contribution in [-0.4, -0.2) is 98.9 Å². The largest absolute Gasteiger partial charge is 0.472 e. The van der Waals surface area contributed by atoms with Gasteiger partial charge in [-0.2, -0.15) is 0 Å². The molecular formula is C53H91O12P. The number of rotatable bonds is 42. The van der Waals surface area contributed by atoms with Crippen molar-refractivity contribution in [2.75, 3.05) is 19.8 Å². The Bertz CT molecular complexity index is 1410. The van der Waals surface area contributed by atoms with E-state index in [2.05, 4.69) is 86.8 Å². The minimum Gasteiger partial charge on any atom is -0.457 e. The van der Waals surface area contributed by atoms with E-state index in [4.69, 9.17) is 18.5 Å². The molecule has 0 bridgehead atoms. The van der Waals surface area contributed by atoms with E-state index in [1.54, 1.807) is 0 Å². The number of allylic oxidation sites excluding steroid dienone is 14. The SMILES string of the molecule is CC/C=C\C/C=C\C/C=C\C/C=C\C/C=C\CCCC(=O)OC(COCCCCCCCCCCCC/C=C\C/C=C\CCCCCCC)COP(=O)(O)OC1C(O)C(O)C(O)C(O)C1O. The van der Waals surface area contributed by atoms with Gasteiger partial charge in [0.1, 0.15) is 42.7 Å². The number of hydrogen-bond acceptors (Lipinski definition) is 11. The first kappa shape index (κ1) is 61.5. The Hall–Kier alpha value is -2.48. The van der Waals surface area contributed by atoms with E-state index < -0.39 is 63.1 Å². The van der Waals surface area contributed by atoms with Gasteiger partial charge in [0.15, 0.2) is 0 Å². The van der Waals surface area contributed by atoms with Crippen molar-refractivity contribution in [3.05, 3.63) is 85.1 Å². The molecule has 6 N–H and O–H groups in total. The van der Waals surface area contributed by atoms with Crippen LogP contribution in [0.2, 0.25) is 0 Å². The first-order chi connectivity index (χ1) is 32.0. The molecule has 1 fully saturated rings. The van der Waals surface area contributed by atoms with Crippen LogP contribution in [0.3, 0.4) is 0 Å². The number of carbonyl (C=O) groups is 1. The van der Waals surface area contributed by atoms with Crippen LogP contribution in [0.15, 0.2) is 85.1 Å². The highest BCUT2D eigenvalue weighted by Crippen LogP contribution is 2.47. The molecule has 0 heterocycles. The molecule has 0 aromatic carbocycles. The quantitative estimate of drug-likeness (QED) is 0.0147. The molecule has 1 aliphatic rings. The van der Waals surface area contributed by atoms with Gasteiger partial charge in [-0.25, -0.2) is 4.57 Å². The van der Waals surface area contributed by atoms with Crippen LogP contribution in [0.1, 0.15) is 181 Å². The molecule has 1 aliphatic carbocycles. The molecule has 0 aromatic rings. The number of aliphatic hydroxyl groups excluding tert-OH is 5. The van der Waals surface area contributed by atoms with E-state index in [0.29, 0.717) is 19.4 Å². The second-order valence-electron chi connectivity index (χ2n) is 17.3. The molecule has 0 spiro atoms. The zero-order valence-corrected chi connectivity index (χ0v) is 41.6. The van der Waals surface area contributed by atoms with Crippen molar-refractivity contribution in [3.63, 3.8) is 0 Å². The van der Waals surface area contributed by atoms with Crippen molar-refractivity contribution in [1.82, 2.24) is 0 Å². The average molecular weight is 951 g/mol. The maximum Gasteiger partial charge on any atom is 0.472 e. The Labute approximate surface area is 399 Å². The molecule has 380 valence electrons. The van der Waals surface area contributed by atoms with Gasteiger partial charge in [-0.05, 0) is 83.5 Å². The average Bonchev–Trinajstić information content (AvgIpc) is 3.30. The summed E-state index contributed by atoms with van der Waals surface area (Å²) in [5, 5.41) is 50.3. The summed E-state index contributed by atoms with van der Waals surface area (Å²) in [6.07, 6.45) is 45.1. The van der Waals surface area contributed by atoms with E-state index in [1.165, 1.54) is 77.0 Å². The summed E-state index contributed by atoms with van der Waals surface area (Å²) >= 11 is 0. The number of hydrogen-bond donors (Lipinski definition) is 6. The number of unbranched alkanes of at least 4 members (excludes halogenated alkanes) is 16. The highest BCUT2D eigenvalue weighted by molar-refractivity contribution is 7.47. The summed E-state index contributed by atoms with van der Waals surface area (Å²) in [5.41, 5.74) is 0. The molecule has 6 unspecified atom stereocenters. The van der Waals surface area contributed by atoms with Crippen LogP contribution in [0, 0.1) is 0 Å². The van der Waals surface area contributed by atoms with Crippen LogP contribution >= 0.6 is 7.82 Å². The van der Waals surface area contributed by atoms with E-state index in [1.807, 2.05) is 12.2 Å². The standard InChI is InChI=1S/C53H91O12P/c1-3-5-7-9-11-13-15-17-19-21-22-23-24-25-27-29-31-33-35-37-39-41-43-62-44-46(45-63-66(60,61)65-53-51(58)49(56)48(55)50(57)52(53)59)64-47(54)42-40-38-36-34-32-30-28-26-20-18-16-14-12-10-8-6-4-2/h6,8,12,14-15,17-18,20-22,28,30,34,36,46,48-53,55-59H,3-5,7,9-11,13,16,19,23-27,29,31-33,35,37-45H2,1-2H3,(H,60,61)/b8-6-,14-12-,17-15-,20-18-,22-21-,30-28-,36-34-. The molecular weight excluding hydrogens is 860 g/mol. The summed E-state index contributed by atoms with van der Waals surface area (Å²) in [4.78, 5) is 23.2. The molecule has 1 saturated carbocycles. The predicted octanol–water partition coefficient (Wildman–Crippen LogP) is 11.3. The zero-order chi connectivity index (χ0) is 48.4. The molecule has 12 nitrogen and oxygen atoms in total. The van der Waals surface area contributed by atoms with E-state index in [9.17, 15) is 39.8 Å². The van der Waals surface area contributed by atoms with Crippen molar-refractivity contribution >= 4 is 13.8 Å². The van der Waals surface area contributed by atoms with Gasteiger partial charge in [0, 0.05) is 13.0 Å². The van der Waals surface area contributed by atoms with Gasteiger partial charge >= 0.3 is 13.8 Å². The smallest absolute Gasteiger partial charge is 0.457 e. The number of aliphatic hydroxyl groups is 5. The first-order valence-electron chi connectivity index (χ1n) is 25.4. The molecule has 6 atom stereocenters. The molecule has 0 saturated heterocycles. The van der Waals surface area contributed by atoms with Gasteiger partial charge in [0.25, 0.3) is 0 Å². The second-order valence-corrected chi connectivity index (χ2v) is 18.7. The number of phosphoric ester groups is 1. The molecule has 0 radical (unpaired) electrons. The third-order valence-corrected chi connectivity index (χ3v) is 12.2. The summed E-state index contributed by atoms with van der Waals surface area (Å²) < 4.78 is 34.2. The van der Waals surface area contributed by atoms with Crippen LogP contribution < -0.4 is 0 Å². The minimum absolute atomic E-state index is 0.103. The summed E-state index contributed by atoms with van der Waals surface area (Å²) in [6.45, 7) is 4.07. The van der Waals surface area contributed by atoms with Crippen molar-refractivity contribution in [2.24, 2.45) is 0 Å². The van der Waals surface area contributed by atoms with Crippen molar-refractivity contribution < 1.29 is 58.3 Å². The lowest BCUT2D eigenvalue weighted by Crippen LogP contribution is -2.64. The van der Waals surface area contributed by atoms with Gasteiger partial charge in [-0.1, -0.05) is 176 Å². The number of ether oxygens (including phenoxy) is 2. The summed E-state index contributed by atoms with van der Waals surface area (Å²) in [7, 11) is -5.04. The van der Waals surface area contributed by atoms with Crippen molar-refractivity contribution in [1.29, 1.82) is 0 Å². The van der Waals surface area contributed by atoms with Crippen LogP contribution in [0.4, 0.5) is 0 Å². The van der Waals surface area contributed by atoms with Crippen molar-refractivity contribution in [3.8, 4) is 0 Å². The topological polar surface area (TPSA) is 192 Å². The number of esters is 1. The molecule has 13 heteroatoms. The second kappa shape index (κ2) is 42.6. The van der Waals surface area contributed by atoms with E-state index in [-0.39, 0.29) is 13.0 Å². The fraction of sp³-hybridized carbons (Fsp3) is 0.717. The number of phosphoric acid groups is 1. The molecule has 0 aromatic heterocycles. The molecule has 0 aliphatic heterocycles. The Morgan fingerprint density at radius 1 is 0.500 bits per heavy atom. The summed E-state index contributed by atoms with van der Waals surface area (Å²) in [6, 6.07) is 0. The summed E-state index contributed by atoms with van der Waals surface area (Å²) in [5.74, 6) is -0.537. The fourth-order valence-corrected chi connectivity index (χ4v) is 8.22. The minimum atomic E-state index is -5.04. The Morgan fingerprint density at radius 3 is 1.36 bits per heavy atom. The third kappa shape index (κ3) is 33.9. The van der Waals surface area contributed by atoms with E-state index in [0.717, 1.165) is 70.6 Å².